The van der Waals surface area contributed by atoms with Crippen LogP contribution in [-0.4, -0.2) is 54.4 Å². The molecule has 35 heavy (non-hydrogen) atoms. The predicted molar refractivity (Wildman–Crippen MR) is 145 cm³/mol. The molecule has 1 amide bonds. The number of hydrogen-bond acceptors (Lipinski definition) is 4. The molecule has 0 spiro atoms. The number of nitrogens with one attached hydrogen (secondary N) is 1. The Morgan fingerprint density at radius 3 is 2.60 bits per heavy atom. The Hall–Kier alpha value is -1.63. The third-order valence-electron chi connectivity index (χ3n) is 6.66. The van der Waals surface area contributed by atoms with Gasteiger partial charge in [-0.25, -0.2) is 0 Å². The van der Waals surface area contributed by atoms with E-state index in [2.05, 4.69) is 35.8 Å². The first-order valence-electron chi connectivity index (χ1n) is 11.8. The molecule has 178 valence electrons. The predicted octanol–water partition coefficient (Wildman–Crippen LogP) is 6.60. The van der Waals surface area contributed by atoms with Crippen LogP contribution >= 0.6 is 23.4 Å². The average molecular weight is 518 g/mol. The summed E-state index contributed by atoms with van der Waals surface area (Å²) in [4.78, 5) is 14.1. The molecule has 0 bridgehead atoms. The molecule has 0 radical (unpaired) electrons. The minimum absolute atomic E-state index is 0. The fourth-order valence-electron chi connectivity index (χ4n) is 4.79. The third-order valence-corrected chi connectivity index (χ3v) is 7.70. The number of carbonyl (C=O) groups is 1. The van der Waals surface area contributed by atoms with E-state index in [-0.39, 0.29) is 41.5 Å². The third kappa shape index (κ3) is 6.39. The number of amides is 1. The summed E-state index contributed by atoms with van der Waals surface area (Å²) >= 11 is 8.17. The van der Waals surface area contributed by atoms with Crippen molar-refractivity contribution in [2.45, 2.75) is 49.0 Å². The van der Waals surface area contributed by atoms with E-state index in [1.807, 2.05) is 12.1 Å². The van der Waals surface area contributed by atoms with Crippen LogP contribution in [0.2, 0.25) is 5.02 Å². The van der Waals surface area contributed by atoms with Gasteiger partial charge in [-0.15, -0.1) is 11.8 Å². The van der Waals surface area contributed by atoms with Crippen LogP contribution in [0.15, 0.2) is 65.6 Å². The van der Waals surface area contributed by atoms with Crippen LogP contribution in [0.4, 0.5) is 0 Å². The van der Waals surface area contributed by atoms with Gasteiger partial charge in [0, 0.05) is 22.6 Å². The van der Waals surface area contributed by atoms with Crippen LogP contribution in [0.1, 0.15) is 53.1 Å². The second-order valence-electron chi connectivity index (χ2n) is 8.92. The van der Waals surface area contributed by atoms with Crippen LogP contribution in [0, 0.1) is 0 Å². The van der Waals surface area contributed by atoms with E-state index in [1.165, 1.54) is 10.5 Å². The molecular formula is C28H29ClNNaO3S. The number of rotatable bonds is 6. The number of fused-ring (bicyclic) bond motifs is 1. The van der Waals surface area contributed by atoms with Gasteiger partial charge in [0.2, 0.25) is 0 Å². The fourth-order valence-corrected chi connectivity index (χ4v) is 5.42. The molecule has 0 aromatic heterocycles. The molecule has 7 heteroatoms. The van der Waals surface area contributed by atoms with E-state index in [0.717, 1.165) is 43.4 Å². The van der Waals surface area contributed by atoms with Gasteiger partial charge in [-0.2, -0.15) is 0 Å². The SMILES string of the molecule is CSc1ccc(C2CCC(NC(=O)c3ccc(Oc4cc5c(cc4Cl)CCCO5)cc3)C2)cc1.[NaH]. The van der Waals surface area contributed by atoms with Gasteiger partial charge in [0.25, 0.3) is 5.91 Å². The monoisotopic (exact) mass is 517 g/mol. The Morgan fingerprint density at radius 2 is 1.86 bits per heavy atom. The Morgan fingerprint density at radius 1 is 1.09 bits per heavy atom. The maximum absolute atomic E-state index is 12.8. The number of benzene rings is 3. The van der Waals surface area contributed by atoms with Crippen LogP contribution in [0.5, 0.6) is 17.2 Å². The molecule has 1 fully saturated rings. The van der Waals surface area contributed by atoms with Gasteiger partial charge in [0.05, 0.1) is 11.6 Å². The molecule has 1 saturated carbocycles. The zero-order valence-electron chi connectivity index (χ0n) is 19.2. The van der Waals surface area contributed by atoms with Crippen molar-refractivity contribution in [1.82, 2.24) is 5.32 Å². The van der Waals surface area contributed by atoms with Gasteiger partial charge in [-0.1, -0.05) is 23.7 Å². The molecule has 3 aromatic rings. The summed E-state index contributed by atoms with van der Waals surface area (Å²) < 4.78 is 11.7. The molecule has 1 heterocycles. The first-order chi connectivity index (χ1) is 16.6. The fraction of sp³-hybridized carbons (Fsp3) is 0.321. The van der Waals surface area contributed by atoms with Gasteiger partial charge in [0.15, 0.2) is 0 Å². The number of halogens is 1. The van der Waals surface area contributed by atoms with Gasteiger partial charge < -0.3 is 14.8 Å². The molecule has 5 rings (SSSR count). The topological polar surface area (TPSA) is 47.6 Å². The Bertz CT molecular complexity index is 1170. The minimum atomic E-state index is -0.0462. The summed E-state index contributed by atoms with van der Waals surface area (Å²) in [5, 5.41) is 3.77. The molecule has 1 N–H and O–H groups in total. The van der Waals surface area contributed by atoms with Crippen molar-refractivity contribution in [1.29, 1.82) is 0 Å². The number of thioether (sulfide) groups is 1. The Kier molecular flexibility index (Phi) is 9.12. The first kappa shape index (κ1) is 26.4. The molecule has 2 aliphatic rings. The van der Waals surface area contributed by atoms with Gasteiger partial charge in [-0.3, -0.25) is 4.79 Å². The van der Waals surface area contributed by atoms with Gasteiger partial charge in [0.1, 0.15) is 17.2 Å². The molecule has 1 aliphatic heterocycles. The number of hydrogen-bond donors (Lipinski definition) is 1. The van der Waals surface area contributed by atoms with Crippen molar-refractivity contribution in [3.05, 3.63) is 82.4 Å². The molecule has 2 unspecified atom stereocenters. The first-order valence-corrected chi connectivity index (χ1v) is 13.4. The Balaban J connectivity index is 0.00000289. The normalized spacial score (nSPS) is 18.7. The second kappa shape index (κ2) is 12.1. The average Bonchev–Trinajstić information content (AvgIpc) is 3.33. The van der Waals surface area contributed by atoms with Crippen molar-refractivity contribution in [2.24, 2.45) is 0 Å². The quantitative estimate of drug-likeness (QED) is 0.296. The summed E-state index contributed by atoms with van der Waals surface area (Å²) in [5.74, 6) is 2.47. The standard InChI is InChI=1S/C28H28ClNO3S.Na.H/c1-34-24-12-7-18(8-13-24)20-4-9-22(15-20)30-28(31)19-5-10-23(11-6-19)33-27-17-26-21(16-25(27)29)3-2-14-32-26;;/h5-8,10-13,16-17,20,22H,2-4,9,14-15H2,1H3,(H,30,31);;. The second-order valence-corrected chi connectivity index (χ2v) is 10.2. The van der Waals surface area contributed by atoms with Crippen LogP contribution in [0.3, 0.4) is 0 Å². The molecule has 3 aromatic carbocycles. The molecule has 0 saturated heterocycles. The summed E-state index contributed by atoms with van der Waals surface area (Å²) in [6, 6.07) is 20.0. The van der Waals surface area contributed by atoms with Crippen molar-refractivity contribution >= 4 is 58.8 Å². The van der Waals surface area contributed by atoms with E-state index < -0.39 is 0 Å². The van der Waals surface area contributed by atoms with Gasteiger partial charge in [-0.05, 0) is 97.9 Å². The molecule has 4 nitrogen and oxygen atoms in total. The van der Waals surface area contributed by atoms with E-state index in [0.29, 0.717) is 34.6 Å². The number of aryl methyl sites for hydroxylation is 1. The van der Waals surface area contributed by atoms with E-state index in [9.17, 15) is 4.79 Å². The van der Waals surface area contributed by atoms with Crippen LogP contribution in [-0.2, 0) is 6.42 Å². The van der Waals surface area contributed by atoms with Gasteiger partial charge >= 0.3 is 29.6 Å². The maximum atomic E-state index is 12.8. The van der Waals surface area contributed by atoms with Crippen molar-refractivity contribution in [3.63, 3.8) is 0 Å². The van der Waals surface area contributed by atoms with E-state index in [4.69, 9.17) is 21.1 Å². The number of carbonyl (C=O) groups excluding carboxylic acids is 1. The summed E-state index contributed by atoms with van der Waals surface area (Å²) in [7, 11) is 0. The number of ether oxygens (including phenoxy) is 2. The summed E-state index contributed by atoms with van der Waals surface area (Å²) in [6.45, 7) is 0.712. The van der Waals surface area contributed by atoms with Crippen LogP contribution in [0.25, 0.3) is 0 Å². The zero-order chi connectivity index (χ0) is 23.5. The molecular weight excluding hydrogens is 489 g/mol. The van der Waals surface area contributed by atoms with Crippen molar-refractivity contribution in [2.75, 3.05) is 12.9 Å². The van der Waals surface area contributed by atoms with E-state index >= 15 is 0 Å². The van der Waals surface area contributed by atoms with Crippen molar-refractivity contribution < 1.29 is 14.3 Å². The zero-order valence-corrected chi connectivity index (χ0v) is 20.8. The molecule has 2 atom stereocenters. The van der Waals surface area contributed by atoms with Crippen molar-refractivity contribution in [3.8, 4) is 17.2 Å². The Labute approximate surface area is 238 Å². The van der Waals surface area contributed by atoms with Crippen LogP contribution < -0.4 is 14.8 Å². The van der Waals surface area contributed by atoms with E-state index in [1.54, 1.807) is 36.0 Å². The molecule has 1 aliphatic carbocycles. The summed E-state index contributed by atoms with van der Waals surface area (Å²) in [5.41, 5.74) is 3.10. The summed E-state index contributed by atoms with van der Waals surface area (Å²) in [6.07, 6.45) is 7.13.